The zero-order chi connectivity index (χ0) is 12.6. The van der Waals surface area contributed by atoms with Crippen molar-refractivity contribution in [3.8, 4) is 0 Å². The zero-order valence-electron chi connectivity index (χ0n) is 8.65. The summed E-state index contributed by atoms with van der Waals surface area (Å²) in [7, 11) is 0. The summed E-state index contributed by atoms with van der Waals surface area (Å²) < 4.78 is 38.9. The summed E-state index contributed by atoms with van der Waals surface area (Å²) in [6.45, 7) is 1.10. The number of carbonyl (C=O) groups is 1. The maximum Gasteiger partial charge on any atom is 0.418 e. The van der Waals surface area contributed by atoms with Gasteiger partial charge in [0.2, 0.25) is 0 Å². The van der Waals surface area contributed by atoms with Crippen LogP contribution in [-0.2, 0) is 11.0 Å². The van der Waals surface area contributed by atoms with Crippen LogP contribution in [0.25, 0.3) is 11.0 Å². The highest BCUT2D eigenvalue weighted by molar-refractivity contribution is 5.80. The second kappa shape index (κ2) is 3.76. The van der Waals surface area contributed by atoms with Crippen molar-refractivity contribution in [1.29, 1.82) is 0 Å². The number of aromatic nitrogens is 2. The number of nitrogens with zero attached hydrogens (tertiary/aromatic N) is 2. The van der Waals surface area contributed by atoms with Gasteiger partial charge in [-0.2, -0.15) is 17.9 Å². The average molecular weight is 244 g/mol. The van der Waals surface area contributed by atoms with Gasteiger partial charge in [0.05, 0.1) is 11.1 Å². The van der Waals surface area contributed by atoms with Crippen LogP contribution < -0.4 is 4.84 Å². The molecule has 0 aliphatic carbocycles. The molecule has 0 saturated carbocycles. The smallest absolute Gasteiger partial charge is 0.335 e. The molecule has 0 fully saturated rings. The van der Waals surface area contributed by atoms with E-state index in [-0.39, 0.29) is 11.0 Å². The van der Waals surface area contributed by atoms with E-state index in [0.717, 1.165) is 24.0 Å². The minimum absolute atomic E-state index is 0.112. The summed E-state index contributed by atoms with van der Waals surface area (Å²) in [5.74, 6) is -0.721. The van der Waals surface area contributed by atoms with Crippen LogP contribution in [0.15, 0.2) is 24.5 Å². The maximum atomic E-state index is 12.7. The van der Waals surface area contributed by atoms with Gasteiger partial charge in [-0.05, 0) is 12.1 Å². The molecule has 0 N–H and O–H groups in total. The van der Waals surface area contributed by atoms with Crippen LogP contribution in [0.4, 0.5) is 13.2 Å². The first kappa shape index (κ1) is 11.4. The van der Waals surface area contributed by atoms with E-state index in [2.05, 4.69) is 9.82 Å². The standard InChI is InChI=1S/C10H7F3N2O2/c1-6(16)17-15-5-14-8-4-2-3-7(9(8)15)10(11,12)13/h2-5H,1H3. The van der Waals surface area contributed by atoms with Crippen LogP contribution in [-0.4, -0.2) is 15.7 Å². The van der Waals surface area contributed by atoms with Gasteiger partial charge < -0.3 is 4.84 Å². The van der Waals surface area contributed by atoms with Gasteiger partial charge in [0.25, 0.3) is 0 Å². The lowest BCUT2D eigenvalue weighted by Crippen LogP contribution is -2.17. The topological polar surface area (TPSA) is 44.1 Å². The molecule has 1 aromatic carbocycles. The Morgan fingerprint density at radius 1 is 1.41 bits per heavy atom. The Balaban J connectivity index is 2.68. The maximum absolute atomic E-state index is 12.7. The predicted octanol–water partition coefficient (Wildman–Crippen LogP) is 2.03. The summed E-state index contributed by atoms with van der Waals surface area (Å²) in [6, 6.07) is 3.56. The normalized spacial score (nSPS) is 11.8. The van der Waals surface area contributed by atoms with Gasteiger partial charge in [0.15, 0.2) is 0 Å². The number of imidazole rings is 1. The van der Waals surface area contributed by atoms with Crippen LogP contribution in [0.2, 0.25) is 0 Å². The molecule has 2 rings (SSSR count). The SMILES string of the molecule is CC(=O)On1cnc2cccc(C(F)(F)F)c21. The van der Waals surface area contributed by atoms with Crippen molar-refractivity contribution in [3.63, 3.8) is 0 Å². The molecule has 0 spiro atoms. The molecule has 0 atom stereocenters. The first-order valence-corrected chi connectivity index (χ1v) is 4.62. The van der Waals surface area contributed by atoms with E-state index in [1.807, 2.05) is 0 Å². The Morgan fingerprint density at radius 2 is 2.12 bits per heavy atom. The quantitative estimate of drug-likeness (QED) is 0.770. The Bertz CT molecular complexity index is 574. The Kier molecular flexibility index (Phi) is 2.53. The number of rotatable bonds is 1. The van der Waals surface area contributed by atoms with Crippen LogP contribution in [0, 0.1) is 0 Å². The number of hydrogen-bond donors (Lipinski definition) is 0. The van der Waals surface area contributed by atoms with Crippen molar-refractivity contribution in [3.05, 3.63) is 30.1 Å². The molecule has 0 aliphatic rings. The number of alkyl halides is 3. The molecule has 1 heterocycles. The number of hydrogen-bond acceptors (Lipinski definition) is 3. The van der Waals surface area contributed by atoms with Crippen LogP contribution in [0.5, 0.6) is 0 Å². The van der Waals surface area contributed by atoms with Crippen LogP contribution in [0.1, 0.15) is 12.5 Å². The molecular formula is C10H7F3N2O2. The summed E-state index contributed by atoms with van der Waals surface area (Å²) in [5, 5.41) is 0. The van der Waals surface area contributed by atoms with Crippen molar-refractivity contribution in [1.82, 2.24) is 9.71 Å². The summed E-state index contributed by atoms with van der Waals surface area (Å²) in [6.07, 6.45) is -3.50. The number of fused-ring (bicyclic) bond motifs is 1. The fourth-order valence-electron chi connectivity index (χ4n) is 1.48. The lowest BCUT2D eigenvalue weighted by Gasteiger charge is -2.10. The third kappa shape index (κ3) is 2.08. The second-order valence-corrected chi connectivity index (χ2v) is 3.32. The summed E-state index contributed by atoms with van der Waals surface area (Å²) >= 11 is 0. The molecule has 0 unspecified atom stereocenters. The van der Waals surface area contributed by atoms with Gasteiger partial charge in [-0.25, -0.2) is 9.78 Å². The van der Waals surface area contributed by atoms with E-state index < -0.39 is 17.7 Å². The van der Waals surface area contributed by atoms with E-state index >= 15 is 0 Å². The second-order valence-electron chi connectivity index (χ2n) is 3.32. The fraction of sp³-hybridized carbons (Fsp3) is 0.200. The van der Waals surface area contributed by atoms with Crippen molar-refractivity contribution in [2.45, 2.75) is 13.1 Å². The molecule has 0 aliphatic heterocycles. The lowest BCUT2D eigenvalue weighted by atomic mass is 10.2. The molecule has 0 radical (unpaired) electrons. The molecule has 0 bridgehead atoms. The highest BCUT2D eigenvalue weighted by Crippen LogP contribution is 2.34. The molecule has 17 heavy (non-hydrogen) atoms. The average Bonchev–Trinajstić information content (AvgIpc) is 2.59. The van der Waals surface area contributed by atoms with E-state index in [1.54, 1.807) is 0 Å². The van der Waals surface area contributed by atoms with Crippen molar-refractivity contribution < 1.29 is 22.8 Å². The predicted molar refractivity (Wildman–Crippen MR) is 52.0 cm³/mol. The van der Waals surface area contributed by atoms with Crippen LogP contribution >= 0.6 is 0 Å². The minimum Gasteiger partial charge on any atom is -0.335 e. The van der Waals surface area contributed by atoms with Gasteiger partial charge in [0, 0.05) is 6.92 Å². The number of carbonyl (C=O) groups excluding carboxylic acids is 1. The first-order valence-electron chi connectivity index (χ1n) is 4.62. The van der Waals surface area contributed by atoms with Gasteiger partial charge in [-0.15, -0.1) is 0 Å². The third-order valence-electron chi connectivity index (χ3n) is 2.07. The Morgan fingerprint density at radius 3 is 2.71 bits per heavy atom. The Hall–Kier alpha value is -2.05. The van der Waals surface area contributed by atoms with E-state index in [4.69, 9.17) is 0 Å². The zero-order valence-corrected chi connectivity index (χ0v) is 8.65. The molecule has 1 aromatic heterocycles. The Labute approximate surface area is 93.6 Å². The number of para-hydroxylation sites is 1. The van der Waals surface area contributed by atoms with E-state index in [9.17, 15) is 18.0 Å². The summed E-state index contributed by atoms with van der Waals surface area (Å²) in [5.41, 5.74) is -1.05. The molecule has 7 heteroatoms. The molecule has 4 nitrogen and oxygen atoms in total. The number of halogens is 3. The van der Waals surface area contributed by atoms with Crippen molar-refractivity contribution >= 4 is 17.0 Å². The molecule has 0 saturated heterocycles. The van der Waals surface area contributed by atoms with Crippen LogP contribution in [0.3, 0.4) is 0 Å². The monoisotopic (exact) mass is 244 g/mol. The first-order chi connectivity index (χ1) is 7.89. The minimum atomic E-state index is -4.53. The van der Waals surface area contributed by atoms with E-state index in [0.29, 0.717) is 0 Å². The molecule has 0 amide bonds. The van der Waals surface area contributed by atoms with Gasteiger partial charge in [-0.3, -0.25) is 0 Å². The largest absolute Gasteiger partial charge is 0.418 e. The van der Waals surface area contributed by atoms with Crippen molar-refractivity contribution in [2.24, 2.45) is 0 Å². The van der Waals surface area contributed by atoms with Crippen molar-refractivity contribution in [2.75, 3.05) is 0 Å². The molecule has 2 aromatic rings. The number of benzene rings is 1. The molecular weight excluding hydrogens is 237 g/mol. The fourth-order valence-corrected chi connectivity index (χ4v) is 1.48. The highest BCUT2D eigenvalue weighted by atomic mass is 19.4. The molecule has 90 valence electrons. The third-order valence-corrected chi connectivity index (χ3v) is 2.07. The highest BCUT2D eigenvalue weighted by Gasteiger charge is 2.34. The van der Waals surface area contributed by atoms with Gasteiger partial charge in [0.1, 0.15) is 11.8 Å². The lowest BCUT2D eigenvalue weighted by molar-refractivity contribution is -0.143. The van der Waals surface area contributed by atoms with Gasteiger partial charge >= 0.3 is 12.1 Å². The van der Waals surface area contributed by atoms with Gasteiger partial charge in [-0.1, -0.05) is 6.07 Å². The summed E-state index contributed by atoms with van der Waals surface area (Å²) in [4.78, 5) is 19.1. The van der Waals surface area contributed by atoms with E-state index in [1.165, 1.54) is 12.1 Å².